The predicted molar refractivity (Wildman–Crippen MR) is 86.8 cm³/mol. The highest BCUT2D eigenvalue weighted by atomic mass is 32.2. The molecule has 0 aliphatic heterocycles. The minimum Gasteiger partial charge on any atom is -0.385 e. The van der Waals surface area contributed by atoms with Crippen LogP contribution in [-0.4, -0.2) is 46.7 Å². The fraction of sp³-hybridized carbons (Fsp3) is 0.800. The van der Waals surface area contributed by atoms with Gasteiger partial charge in [-0.1, -0.05) is 31.0 Å². The summed E-state index contributed by atoms with van der Waals surface area (Å²) in [5.41, 5.74) is 0. The Kier molecular flexibility index (Phi) is 7.73. The number of methoxy groups -OCH3 is 1. The number of ether oxygens (including phenoxy) is 1. The Morgan fingerprint density at radius 3 is 3.05 bits per heavy atom. The van der Waals surface area contributed by atoms with Crippen LogP contribution in [0.15, 0.2) is 11.5 Å². The molecule has 0 spiro atoms. The van der Waals surface area contributed by atoms with Gasteiger partial charge in [-0.25, -0.2) is 0 Å². The molecule has 0 atom stereocenters. The van der Waals surface area contributed by atoms with E-state index in [0.717, 1.165) is 24.7 Å². The molecule has 1 saturated carbocycles. The smallest absolute Gasteiger partial charge is 0.230 e. The van der Waals surface area contributed by atoms with E-state index in [9.17, 15) is 4.79 Å². The molecule has 1 heterocycles. The van der Waals surface area contributed by atoms with E-state index in [1.807, 2.05) is 4.57 Å². The lowest BCUT2D eigenvalue weighted by molar-refractivity contribution is -0.118. The molecule has 1 aromatic heterocycles. The second kappa shape index (κ2) is 9.84. The largest absolute Gasteiger partial charge is 0.385 e. The number of aromatic nitrogens is 3. The third-order valence-corrected chi connectivity index (χ3v) is 4.95. The average Bonchev–Trinajstić information content (AvgIpc) is 3.00. The van der Waals surface area contributed by atoms with Gasteiger partial charge in [0.15, 0.2) is 5.16 Å². The lowest BCUT2D eigenvalue weighted by Crippen LogP contribution is -2.31. The molecule has 0 unspecified atom stereocenters. The van der Waals surface area contributed by atoms with Crippen LogP contribution in [0.2, 0.25) is 0 Å². The van der Waals surface area contributed by atoms with Crippen LogP contribution in [0.3, 0.4) is 0 Å². The van der Waals surface area contributed by atoms with Gasteiger partial charge in [-0.05, 0) is 25.2 Å². The van der Waals surface area contributed by atoms with Crippen molar-refractivity contribution in [3.63, 3.8) is 0 Å². The molecule has 2 rings (SSSR count). The first-order valence-corrected chi connectivity index (χ1v) is 9.04. The van der Waals surface area contributed by atoms with Crippen LogP contribution in [0, 0.1) is 5.92 Å². The number of nitrogens with zero attached hydrogens (tertiary/aromatic N) is 3. The summed E-state index contributed by atoms with van der Waals surface area (Å²) in [6.07, 6.45) is 9.08. The van der Waals surface area contributed by atoms with Gasteiger partial charge >= 0.3 is 0 Å². The Hall–Kier alpha value is -1.08. The van der Waals surface area contributed by atoms with Gasteiger partial charge < -0.3 is 14.6 Å². The summed E-state index contributed by atoms with van der Waals surface area (Å²) in [5.74, 6) is 1.15. The van der Waals surface area contributed by atoms with E-state index in [1.54, 1.807) is 13.4 Å². The topological polar surface area (TPSA) is 69.0 Å². The highest BCUT2D eigenvalue weighted by Gasteiger charge is 2.15. The normalized spacial score (nSPS) is 15.9. The van der Waals surface area contributed by atoms with Gasteiger partial charge in [-0.15, -0.1) is 10.2 Å². The Bertz CT molecular complexity index is 447. The lowest BCUT2D eigenvalue weighted by atomic mass is 9.89. The number of carbonyl (C=O) groups excluding carboxylic acids is 1. The number of nitrogens with one attached hydrogen (secondary N) is 1. The Morgan fingerprint density at radius 1 is 1.45 bits per heavy atom. The molecular formula is C15H26N4O2S. The van der Waals surface area contributed by atoms with Crippen LogP contribution < -0.4 is 5.32 Å². The molecule has 1 amide bonds. The minimum atomic E-state index is 0.0852. The molecule has 6 nitrogen and oxygen atoms in total. The molecule has 0 aromatic carbocycles. The van der Waals surface area contributed by atoms with E-state index < -0.39 is 0 Å². The molecule has 1 aliphatic carbocycles. The van der Waals surface area contributed by atoms with Gasteiger partial charge in [0.2, 0.25) is 5.91 Å². The number of carbonyl (C=O) groups is 1. The highest BCUT2D eigenvalue weighted by molar-refractivity contribution is 7.99. The first-order chi connectivity index (χ1) is 10.8. The summed E-state index contributed by atoms with van der Waals surface area (Å²) in [4.78, 5) is 11.9. The molecule has 1 N–H and O–H groups in total. The van der Waals surface area contributed by atoms with Crippen molar-refractivity contribution in [3.8, 4) is 0 Å². The Balaban J connectivity index is 1.66. The number of hydrogen-bond acceptors (Lipinski definition) is 5. The molecule has 0 saturated heterocycles. The van der Waals surface area contributed by atoms with Crippen molar-refractivity contribution in [3.05, 3.63) is 6.33 Å². The van der Waals surface area contributed by atoms with Crippen molar-refractivity contribution in [2.45, 2.75) is 50.2 Å². The highest BCUT2D eigenvalue weighted by Crippen LogP contribution is 2.22. The number of amides is 1. The lowest BCUT2D eigenvalue weighted by Gasteiger charge is -2.21. The molecule has 22 heavy (non-hydrogen) atoms. The average molecular weight is 326 g/mol. The van der Waals surface area contributed by atoms with E-state index >= 15 is 0 Å². The maximum atomic E-state index is 11.9. The van der Waals surface area contributed by atoms with E-state index in [0.29, 0.717) is 18.3 Å². The molecule has 1 aromatic rings. The molecule has 0 radical (unpaired) electrons. The van der Waals surface area contributed by atoms with Crippen molar-refractivity contribution in [2.75, 3.05) is 26.0 Å². The van der Waals surface area contributed by atoms with Gasteiger partial charge in [-0.3, -0.25) is 4.79 Å². The zero-order valence-electron chi connectivity index (χ0n) is 13.3. The van der Waals surface area contributed by atoms with Gasteiger partial charge in [0, 0.05) is 26.8 Å². The van der Waals surface area contributed by atoms with Crippen LogP contribution in [-0.2, 0) is 16.1 Å². The van der Waals surface area contributed by atoms with Gasteiger partial charge in [0.1, 0.15) is 6.33 Å². The quantitative estimate of drug-likeness (QED) is 0.556. The number of thioether (sulfide) groups is 1. The van der Waals surface area contributed by atoms with Crippen molar-refractivity contribution in [1.29, 1.82) is 0 Å². The third-order valence-electron chi connectivity index (χ3n) is 3.97. The van der Waals surface area contributed by atoms with Crippen LogP contribution in [0.5, 0.6) is 0 Å². The second-order valence-electron chi connectivity index (χ2n) is 5.75. The molecule has 1 fully saturated rings. The fourth-order valence-electron chi connectivity index (χ4n) is 2.72. The number of rotatable bonds is 9. The van der Waals surface area contributed by atoms with E-state index in [2.05, 4.69) is 15.5 Å². The van der Waals surface area contributed by atoms with E-state index in [4.69, 9.17) is 4.74 Å². The molecule has 7 heteroatoms. The zero-order chi connectivity index (χ0) is 15.6. The van der Waals surface area contributed by atoms with Gasteiger partial charge in [0.05, 0.1) is 5.75 Å². The van der Waals surface area contributed by atoms with E-state index in [-0.39, 0.29) is 5.91 Å². The van der Waals surface area contributed by atoms with Crippen LogP contribution in [0.4, 0.5) is 0 Å². The molecule has 124 valence electrons. The maximum absolute atomic E-state index is 11.9. The van der Waals surface area contributed by atoms with Crippen molar-refractivity contribution in [1.82, 2.24) is 20.1 Å². The summed E-state index contributed by atoms with van der Waals surface area (Å²) in [5, 5.41) is 11.8. The Labute approximate surface area is 136 Å². The summed E-state index contributed by atoms with van der Waals surface area (Å²) >= 11 is 1.44. The SMILES string of the molecule is COCCCn1cnnc1SCC(=O)NCC1CCCCC1. The Morgan fingerprint density at radius 2 is 2.27 bits per heavy atom. The number of aryl methyl sites for hydroxylation is 1. The fourth-order valence-corrected chi connectivity index (χ4v) is 3.49. The predicted octanol–water partition coefficient (Wildman–Crippen LogP) is 2.10. The summed E-state index contributed by atoms with van der Waals surface area (Å²) < 4.78 is 7.01. The van der Waals surface area contributed by atoms with Crippen molar-refractivity contribution < 1.29 is 9.53 Å². The first-order valence-electron chi connectivity index (χ1n) is 8.06. The maximum Gasteiger partial charge on any atom is 0.230 e. The molecular weight excluding hydrogens is 300 g/mol. The van der Waals surface area contributed by atoms with Crippen molar-refractivity contribution in [2.24, 2.45) is 5.92 Å². The molecule has 0 bridgehead atoms. The van der Waals surface area contributed by atoms with Gasteiger partial charge in [0.25, 0.3) is 0 Å². The zero-order valence-corrected chi connectivity index (χ0v) is 14.1. The minimum absolute atomic E-state index is 0.0852. The van der Waals surface area contributed by atoms with Crippen molar-refractivity contribution >= 4 is 17.7 Å². The van der Waals surface area contributed by atoms with Crippen LogP contribution >= 0.6 is 11.8 Å². The monoisotopic (exact) mass is 326 g/mol. The standard InChI is InChI=1S/C15H26N4O2S/c1-21-9-5-8-19-12-17-18-15(19)22-11-14(20)16-10-13-6-3-2-4-7-13/h12-13H,2-11H2,1H3,(H,16,20). The van der Waals surface area contributed by atoms with E-state index in [1.165, 1.54) is 43.9 Å². The summed E-state index contributed by atoms with van der Waals surface area (Å²) in [6.45, 7) is 2.34. The first kappa shape index (κ1) is 17.3. The van der Waals surface area contributed by atoms with Crippen LogP contribution in [0.1, 0.15) is 38.5 Å². The van der Waals surface area contributed by atoms with Gasteiger partial charge in [-0.2, -0.15) is 0 Å². The molecule has 1 aliphatic rings. The number of hydrogen-bond donors (Lipinski definition) is 1. The van der Waals surface area contributed by atoms with Crippen LogP contribution in [0.25, 0.3) is 0 Å². The summed E-state index contributed by atoms with van der Waals surface area (Å²) in [7, 11) is 1.69. The third kappa shape index (κ3) is 5.96. The second-order valence-corrected chi connectivity index (χ2v) is 6.69. The summed E-state index contributed by atoms with van der Waals surface area (Å²) in [6, 6.07) is 0.